The van der Waals surface area contributed by atoms with Crippen LogP contribution in [0.25, 0.3) is 43.6 Å². The van der Waals surface area contributed by atoms with Gasteiger partial charge in [-0.2, -0.15) is 0 Å². The maximum atomic E-state index is 4.63. The quantitative estimate of drug-likeness (QED) is 0.333. The summed E-state index contributed by atoms with van der Waals surface area (Å²) in [6.07, 6.45) is 3.83. The Morgan fingerprint density at radius 2 is 1.03 bits per heavy atom. The van der Waals surface area contributed by atoms with E-state index in [0.717, 1.165) is 11.4 Å². The van der Waals surface area contributed by atoms with Gasteiger partial charge in [-0.3, -0.25) is 9.97 Å². The molecule has 0 atom stereocenters. The van der Waals surface area contributed by atoms with Gasteiger partial charge in [0.25, 0.3) is 0 Å². The standard InChI is InChI=1S/C27H24N4/c1-16-5-7-20-22-9-11-28-18(3)26(22)30(24(20)13-16)15-31-25-14-17(2)6-8-21(25)23-10-12-29-19(4)27(23)31/h5-14H,15H2,1-4H3. The van der Waals surface area contributed by atoms with Crippen molar-refractivity contribution in [2.75, 3.05) is 0 Å². The van der Waals surface area contributed by atoms with E-state index >= 15 is 0 Å². The van der Waals surface area contributed by atoms with Crippen LogP contribution in [-0.4, -0.2) is 19.1 Å². The van der Waals surface area contributed by atoms with Crippen LogP contribution in [0.15, 0.2) is 60.9 Å². The van der Waals surface area contributed by atoms with Crippen LogP contribution in [0.1, 0.15) is 22.5 Å². The highest BCUT2D eigenvalue weighted by atomic mass is 15.2. The first-order chi connectivity index (χ1) is 15.0. The zero-order valence-corrected chi connectivity index (χ0v) is 18.3. The number of rotatable bonds is 2. The molecule has 0 aliphatic heterocycles. The third kappa shape index (κ3) is 2.54. The fourth-order valence-electron chi connectivity index (χ4n) is 5.09. The first kappa shape index (κ1) is 18.1. The third-order valence-corrected chi connectivity index (χ3v) is 6.51. The molecule has 0 aliphatic rings. The van der Waals surface area contributed by atoms with Gasteiger partial charge in [0.1, 0.15) is 6.67 Å². The summed E-state index contributed by atoms with van der Waals surface area (Å²) in [4.78, 5) is 9.26. The highest BCUT2D eigenvalue weighted by Gasteiger charge is 2.18. The Hall–Kier alpha value is -3.66. The lowest BCUT2D eigenvalue weighted by molar-refractivity contribution is 0.678. The highest BCUT2D eigenvalue weighted by Crippen LogP contribution is 2.34. The fourth-order valence-corrected chi connectivity index (χ4v) is 5.09. The second-order valence-electron chi connectivity index (χ2n) is 8.62. The van der Waals surface area contributed by atoms with E-state index in [1.165, 1.54) is 54.7 Å². The van der Waals surface area contributed by atoms with Crippen LogP contribution in [0.3, 0.4) is 0 Å². The Kier molecular flexibility index (Phi) is 3.75. The summed E-state index contributed by atoms with van der Waals surface area (Å²) in [5.41, 5.74) is 9.53. The molecule has 0 N–H and O–H groups in total. The Morgan fingerprint density at radius 1 is 0.581 bits per heavy atom. The first-order valence-corrected chi connectivity index (χ1v) is 10.7. The molecule has 6 rings (SSSR count). The summed E-state index contributed by atoms with van der Waals surface area (Å²) in [6.45, 7) is 9.24. The van der Waals surface area contributed by atoms with Crippen LogP contribution in [0.5, 0.6) is 0 Å². The summed E-state index contributed by atoms with van der Waals surface area (Å²) < 4.78 is 4.85. The summed E-state index contributed by atoms with van der Waals surface area (Å²) in [5.74, 6) is 0. The molecule has 0 spiro atoms. The maximum absolute atomic E-state index is 4.63. The van der Waals surface area contributed by atoms with E-state index in [1.54, 1.807) is 0 Å². The van der Waals surface area contributed by atoms with E-state index < -0.39 is 0 Å². The zero-order chi connectivity index (χ0) is 21.3. The highest BCUT2D eigenvalue weighted by molar-refractivity contribution is 6.10. The number of aryl methyl sites for hydroxylation is 4. The van der Waals surface area contributed by atoms with Crippen molar-refractivity contribution in [3.63, 3.8) is 0 Å². The number of nitrogens with zero attached hydrogens (tertiary/aromatic N) is 4. The van der Waals surface area contributed by atoms with E-state index in [2.05, 4.69) is 95.3 Å². The largest absolute Gasteiger partial charge is 0.320 e. The minimum absolute atomic E-state index is 0.714. The van der Waals surface area contributed by atoms with Crippen molar-refractivity contribution < 1.29 is 0 Å². The number of aromatic nitrogens is 4. The molecule has 2 aromatic carbocycles. The normalized spacial score (nSPS) is 12.0. The molecule has 4 aromatic heterocycles. The number of fused-ring (bicyclic) bond motifs is 6. The lowest BCUT2D eigenvalue weighted by atomic mass is 10.1. The van der Waals surface area contributed by atoms with Crippen LogP contribution < -0.4 is 0 Å². The van der Waals surface area contributed by atoms with Crippen molar-refractivity contribution in [2.45, 2.75) is 34.4 Å². The number of hydrogen-bond donors (Lipinski definition) is 0. The SMILES string of the molecule is Cc1ccc2c3ccnc(C)c3n(Cn3c4cc(C)ccc4c4ccnc(C)c43)c2c1. The van der Waals surface area contributed by atoms with Crippen LogP contribution in [0.4, 0.5) is 0 Å². The second-order valence-corrected chi connectivity index (χ2v) is 8.62. The van der Waals surface area contributed by atoms with Gasteiger partial charge in [-0.25, -0.2) is 0 Å². The van der Waals surface area contributed by atoms with Crippen LogP contribution in [0, 0.1) is 27.7 Å². The molecule has 0 radical (unpaired) electrons. The van der Waals surface area contributed by atoms with Crippen molar-refractivity contribution >= 4 is 43.6 Å². The third-order valence-electron chi connectivity index (χ3n) is 6.51. The molecule has 0 saturated carbocycles. The molecule has 0 aliphatic carbocycles. The lowest BCUT2D eigenvalue weighted by Crippen LogP contribution is -2.09. The van der Waals surface area contributed by atoms with E-state index in [-0.39, 0.29) is 0 Å². The van der Waals surface area contributed by atoms with E-state index in [0.29, 0.717) is 6.67 Å². The smallest absolute Gasteiger partial charge is 0.100 e. The minimum atomic E-state index is 0.714. The predicted molar refractivity (Wildman–Crippen MR) is 129 cm³/mol. The molecular weight excluding hydrogens is 380 g/mol. The number of hydrogen-bond acceptors (Lipinski definition) is 2. The number of benzene rings is 2. The molecule has 0 amide bonds. The summed E-state index contributed by atoms with van der Waals surface area (Å²) in [6, 6.07) is 17.7. The van der Waals surface area contributed by atoms with Crippen LogP contribution in [0.2, 0.25) is 0 Å². The molecule has 152 valence electrons. The van der Waals surface area contributed by atoms with Crippen molar-refractivity contribution in [1.82, 2.24) is 19.1 Å². The fraction of sp³-hybridized carbons (Fsp3) is 0.185. The van der Waals surface area contributed by atoms with Crippen LogP contribution >= 0.6 is 0 Å². The topological polar surface area (TPSA) is 35.6 Å². The maximum Gasteiger partial charge on any atom is 0.100 e. The summed E-state index contributed by atoms with van der Waals surface area (Å²) >= 11 is 0. The second kappa shape index (κ2) is 6.42. The van der Waals surface area contributed by atoms with Gasteiger partial charge in [0.15, 0.2) is 0 Å². The van der Waals surface area contributed by atoms with Gasteiger partial charge in [0, 0.05) is 33.9 Å². The molecule has 4 heterocycles. The predicted octanol–water partition coefficient (Wildman–Crippen LogP) is 6.43. The Morgan fingerprint density at radius 3 is 1.48 bits per heavy atom. The van der Waals surface area contributed by atoms with Gasteiger partial charge in [0.2, 0.25) is 0 Å². The molecule has 0 fully saturated rings. The summed E-state index contributed by atoms with van der Waals surface area (Å²) in [7, 11) is 0. The molecule has 4 heteroatoms. The lowest BCUT2D eigenvalue weighted by Gasteiger charge is -2.14. The van der Waals surface area contributed by atoms with Crippen molar-refractivity contribution in [3.8, 4) is 0 Å². The minimum Gasteiger partial charge on any atom is -0.320 e. The first-order valence-electron chi connectivity index (χ1n) is 10.7. The number of pyridine rings is 2. The van der Waals surface area contributed by atoms with Gasteiger partial charge < -0.3 is 9.13 Å². The molecular formula is C27H24N4. The van der Waals surface area contributed by atoms with Gasteiger partial charge in [-0.15, -0.1) is 0 Å². The Balaban J connectivity index is 1.75. The van der Waals surface area contributed by atoms with Crippen molar-refractivity contribution in [2.24, 2.45) is 0 Å². The van der Waals surface area contributed by atoms with Gasteiger partial charge in [0.05, 0.1) is 33.5 Å². The molecule has 0 bridgehead atoms. The molecule has 0 saturated heterocycles. The summed E-state index contributed by atoms with van der Waals surface area (Å²) in [5, 5.41) is 5.07. The molecule has 4 nitrogen and oxygen atoms in total. The average molecular weight is 405 g/mol. The van der Waals surface area contributed by atoms with E-state index in [1.807, 2.05) is 12.4 Å². The average Bonchev–Trinajstić information content (AvgIpc) is 3.23. The van der Waals surface area contributed by atoms with Crippen molar-refractivity contribution in [1.29, 1.82) is 0 Å². The molecule has 0 unspecified atom stereocenters. The molecule has 31 heavy (non-hydrogen) atoms. The molecule has 6 aromatic rings. The van der Waals surface area contributed by atoms with E-state index in [9.17, 15) is 0 Å². The Bertz CT molecular complexity index is 1530. The van der Waals surface area contributed by atoms with Gasteiger partial charge in [-0.05, 0) is 63.1 Å². The Labute approximate surface area is 180 Å². The van der Waals surface area contributed by atoms with E-state index in [4.69, 9.17) is 0 Å². The van der Waals surface area contributed by atoms with Crippen molar-refractivity contribution in [3.05, 3.63) is 83.4 Å². The zero-order valence-electron chi connectivity index (χ0n) is 18.3. The van der Waals surface area contributed by atoms with Gasteiger partial charge >= 0.3 is 0 Å². The monoisotopic (exact) mass is 404 g/mol. The van der Waals surface area contributed by atoms with Gasteiger partial charge in [-0.1, -0.05) is 24.3 Å². The van der Waals surface area contributed by atoms with Crippen LogP contribution in [-0.2, 0) is 6.67 Å².